The van der Waals surface area contributed by atoms with Crippen molar-refractivity contribution in [2.45, 2.75) is 31.1 Å². The van der Waals surface area contributed by atoms with Crippen LogP contribution in [0.15, 0.2) is 0 Å². The summed E-state index contributed by atoms with van der Waals surface area (Å²) in [6.45, 7) is 0.0933. The smallest absolute Gasteiger partial charge is 0.319 e. The fourth-order valence-electron chi connectivity index (χ4n) is 1.92. The minimum atomic E-state index is -4.72. The number of halogens is 4. The molecule has 0 heterocycles. The van der Waals surface area contributed by atoms with Gasteiger partial charge in [-0.2, -0.15) is 13.2 Å². The number of hydrogen-bond donors (Lipinski definition) is 1. The van der Waals surface area contributed by atoms with Crippen LogP contribution in [0.4, 0.5) is 17.6 Å². The molecule has 1 rings (SSSR count). The Morgan fingerprint density at radius 3 is 2.54 bits per heavy atom. The van der Waals surface area contributed by atoms with E-state index in [9.17, 15) is 17.6 Å². The third-order valence-electron chi connectivity index (χ3n) is 2.66. The molecule has 0 aliphatic heterocycles. The van der Waals surface area contributed by atoms with Gasteiger partial charge in [-0.25, -0.2) is 4.39 Å². The van der Waals surface area contributed by atoms with Gasteiger partial charge in [0.25, 0.3) is 0 Å². The molecule has 0 spiro atoms. The highest BCUT2D eigenvalue weighted by atomic mass is 19.4. The molecule has 13 heavy (non-hydrogen) atoms. The van der Waals surface area contributed by atoms with Crippen molar-refractivity contribution in [2.75, 3.05) is 13.6 Å². The first kappa shape index (κ1) is 10.8. The minimum absolute atomic E-state index is 0.0933. The first-order valence-electron chi connectivity index (χ1n) is 4.32. The summed E-state index contributed by atoms with van der Waals surface area (Å²) >= 11 is 0. The van der Waals surface area contributed by atoms with Crippen LogP contribution in [0.5, 0.6) is 0 Å². The van der Waals surface area contributed by atoms with Crippen molar-refractivity contribution in [3.63, 3.8) is 0 Å². The molecule has 2 unspecified atom stereocenters. The van der Waals surface area contributed by atoms with E-state index in [1.807, 2.05) is 0 Å². The van der Waals surface area contributed by atoms with Gasteiger partial charge in [-0.1, -0.05) is 0 Å². The average Bonchev–Trinajstić information content (AvgIpc) is 2.33. The van der Waals surface area contributed by atoms with Crippen molar-refractivity contribution < 1.29 is 17.6 Å². The van der Waals surface area contributed by atoms with E-state index in [4.69, 9.17) is 0 Å². The maximum absolute atomic E-state index is 13.5. The molecule has 1 aliphatic rings. The second kappa shape index (κ2) is 3.44. The molecule has 1 fully saturated rings. The molecule has 0 aromatic heterocycles. The average molecular weight is 199 g/mol. The Morgan fingerprint density at radius 2 is 2.08 bits per heavy atom. The Hall–Kier alpha value is -0.320. The van der Waals surface area contributed by atoms with Crippen molar-refractivity contribution >= 4 is 0 Å². The predicted octanol–water partition coefficient (Wildman–Crippen LogP) is 2.28. The van der Waals surface area contributed by atoms with Gasteiger partial charge in [0.15, 0.2) is 0 Å². The zero-order chi connectivity index (χ0) is 10.1. The molecule has 1 saturated carbocycles. The van der Waals surface area contributed by atoms with Gasteiger partial charge in [-0.05, 0) is 26.3 Å². The zero-order valence-electron chi connectivity index (χ0n) is 7.42. The first-order valence-corrected chi connectivity index (χ1v) is 4.32. The summed E-state index contributed by atoms with van der Waals surface area (Å²) in [6.07, 6.45) is -4.47. The Labute approximate surface area is 74.5 Å². The molecule has 0 radical (unpaired) electrons. The number of rotatable bonds is 2. The van der Waals surface area contributed by atoms with Crippen LogP contribution in [-0.2, 0) is 0 Å². The second-order valence-electron chi connectivity index (χ2n) is 3.51. The van der Waals surface area contributed by atoms with E-state index in [-0.39, 0.29) is 13.0 Å². The molecule has 1 nitrogen and oxygen atoms in total. The van der Waals surface area contributed by atoms with E-state index < -0.39 is 17.8 Å². The quantitative estimate of drug-likeness (QED) is 0.673. The summed E-state index contributed by atoms with van der Waals surface area (Å²) in [5, 5.41) is 2.60. The van der Waals surface area contributed by atoms with Crippen LogP contribution >= 0.6 is 0 Å². The molecule has 0 saturated heterocycles. The molecular weight excluding hydrogens is 186 g/mol. The highest BCUT2D eigenvalue weighted by molar-refractivity contribution is 4.98. The normalized spacial score (nSPS) is 35.3. The van der Waals surface area contributed by atoms with Crippen LogP contribution in [-0.4, -0.2) is 25.4 Å². The fraction of sp³-hybridized carbons (Fsp3) is 1.00. The Bertz CT molecular complexity index is 179. The van der Waals surface area contributed by atoms with Crippen LogP contribution < -0.4 is 5.32 Å². The highest BCUT2D eigenvalue weighted by Gasteiger charge is 2.61. The van der Waals surface area contributed by atoms with Crippen LogP contribution in [0.1, 0.15) is 19.3 Å². The summed E-state index contributed by atoms with van der Waals surface area (Å²) in [4.78, 5) is 0. The van der Waals surface area contributed by atoms with Gasteiger partial charge in [-0.15, -0.1) is 0 Å². The van der Waals surface area contributed by atoms with Crippen LogP contribution in [0.2, 0.25) is 0 Å². The summed E-state index contributed by atoms with van der Waals surface area (Å²) in [5.41, 5.74) is -2.96. The molecular formula is C8H13F4N. The first-order chi connectivity index (χ1) is 5.92. The lowest BCUT2D eigenvalue weighted by Gasteiger charge is -2.29. The summed E-state index contributed by atoms with van der Waals surface area (Å²) < 4.78 is 50.5. The lowest BCUT2D eigenvalue weighted by Crippen LogP contribution is -2.46. The number of hydrogen-bond acceptors (Lipinski definition) is 1. The largest absolute Gasteiger partial charge is 0.422 e. The van der Waals surface area contributed by atoms with Gasteiger partial charge in [0.05, 0.1) is 0 Å². The number of nitrogens with one attached hydrogen (secondary N) is 1. The maximum Gasteiger partial charge on any atom is 0.422 e. The molecule has 0 aromatic rings. The van der Waals surface area contributed by atoms with Gasteiger partial charge in [0.1, 0.15) is 0 Å². The number of alkyl halides is 4. The lowest BCUT2D eigenvalue weighted by atomic mass is 9.92. The molecule has 0 bridgehead atoms. The van der Waals surface area contributed by atoms with E-state index in [0.29, 0.717) is 12.8 Å². The maximum atomic E-state index is 13.5. The lowest BCUT2D eigenvalue weighted by molar-refractivity contribution is -0.241. The Kier molecular flexibility index (Phi) is 2.85. The van der Waals surface area contributed by atoms with E-state index >= 15 is 0 Å². The summed E-state index contributed by atoms with van der Waals surface area (Å²) in [6, 6.07) is 0. The molecule has 0 amide bonds. The van der Waals surface area contributed by atoms with E-state index in [0.717, 1.165) is 0 Å². The van der Waals surface area contributed by atoms with Crippen LogP contribution in [0, 0.1) is 5.92 Å². The molecule has 2 atom stereocenters. The van der Waals surface area contributed by atoms with Crippen molar-refractivity contribution in [1.82, 2.24) is 5.32 Å². The van der Waals surface area contributed by atoms with E-state index in [1.54, 1.807) is 0 Å². The molecule has 5 heteroatoms. The van der Waals surface area contributed by atoms with Crippen molar-refractivity contribution in [2.24, 2.45) is 5.92 Å². The monoisotopic (exact) mass is 199 g/mol. The van der Waals surface area contributed by atoms with Gasteiger partial charge < -0.3 is 5.32 Å². The molecule has 0 aromatic carbocycles. The van der Waals surface area contributed by atoms with Crippen LogP contribution in [0.25, 0.3) is 0 Å². The SMILES string of the molecule is CNCC1CCCC1(F)C(F)(F)F. The van der Waals surface area contributed by atoms with Crippen molar-refractivity contribution in [3.05, 3.63) is 0 Å². The molecule has 1 N–H and O–H groups in total. The molecule has 78 valence electrons. The van der Waals surface area contributed by atoms with Gasteiger partial charge in [0.2, 0.25) is 5.67 Å². The topological polar surface area (TPSA) is 12.0 Å². The highest BCUT2D eigenvalue weighted by Crippen LogP contribution is 2.49. The third-order valence-corrected chi connectivity index (χ3v) is 2.66. The second-order valence-corrected chi connectivity index (χ2v) is 3.51. The van der Waals surface area contributed by atoms with Crippen molar-refractivity contribution in [3.8, 4) is 0 Å². The third kappa shape index (κ3) is 1.80. The zero-order valence-corrected chi connectivity index (χ0v) is 7.42. The molecule has 1 aliphatic carbocycles. The Balaban J connectivity index is 2.75. The van der Waals surface area contributed by atoms with Gasteiger partial charge >= 0.3 is 6.18 Å². The van der Waals surface area contributed by atoms with Crippen molar-refractivity contribution in [1.29, 1.82) is 0 Å². The van der Waals surface area contributed by atoms with E-state index in [1.165, 1.54) is 7.05 Å². The standard InChI is InChI=1S/C8H13F4N/c1-13-5-6-3-2-4-7(6,9)8(10,11)12/h6,13H,2-5H2,1H3. The summed E-state index contributed by atoms with van der Waals surface area (Å²) in [5.74, 6) is -0.919. The van der Waals surface area contributed by atoms with Gasteiger partial charge in [0, 0.05) is 12.5 Å². The fourth-order valence-corrected chi connectivity index (χ4v) is 1.92. The predicted molar refractivity (Wildman–Crippen MR) is 41.2 cm³/mol. The van der Waals surface area contributed by atoms with Gasteiger partial charge in [-0.3, -0.25) is 0 Å². The van der Waals surface area contributed by atoms with E-state index in [2.05, 4.69) is 5.32 Å². The minimum Gasteiger partial charge on any atom is -0.319 e. The summed E-state index contributed by atoms with van der Waals surface area (Å²) in [7, 11) is 1.54. The van der Waals surface area contributed by atoms with Crippen LogP contribution in [0.3, 0.4) is 0 Å². The Morgan fingerprint density at radius 1 is 1.46 bits per heavy atom.